The summed E-state index contributed by atoms with van der Waals surface area (Å²) in [4.78, 5) is 23.6. The molecule has 1 aromatic rings. The van der Waals surface area contributed by atoms with E-state index in [1.807, 2.05) is 0 Å². The van der Waals surface area contributed by atoms with Crippen LogP contribution in [0.1, 0.15) is 39.2 Å². The first-order valence-electron chi connectivity index (χ1n) is 6.81. The molecule has 0 radical (unpaired) electrons. The van der Waals surface area contributed by atoms with Crippen molar-refractivity contribution >= 4 is 40.7 Å². The SMILES string of the molecule is CC(C)(C)OC(=O)CC(=N)CC(=O)Cc1c(Cl)cccc1Cl. The minimum absolute atomic E-state index is 0.0161. The zero-order valence-electron chi connectivity index (χ0n) is 12.8. The first-order valence-corrected chi connectivity index (χ1v) is 7.57. The third-order valence-electron chi connectivity index (χ3n) is 2.62. The van der Waals surface area contributed by atoms with Crippen LogP contribution in [-0.4, -0.2) is 23.1 Å². The van der Waals surface area contributed by atoms with Crippen LogP contribution in [0.15, 0.2) is 18.2 Å². The van der Waals surface area contributed by atoms with Gasteiger partial charge in [0.2, 0.25) is 0 Å². The number of hydrogen-bond acceptors (Lipinski definition) is 4. The molecule has 1 N–H and O–H groups in total. The lowest BCUT2D eigenvalue weighted by Gasteiger charge is -2.19. The normalized spacial score (nSPS) is 11.1. The summed E-state index contributed by atoms with van der Waals surface area (Å²) in [5, 5.41) is 8.58. The number of esters is 1. The Labute approximate surface area is 140 Å². The molecule has 0 atom stereocenters. The molecule has 0 aliphatic heterocycles. The van der Waals surface area contributed by atoms with Crippen molar-refractivity contribution in [2.24, 2.45) is 0 Å². The van der Waals surface area contributed by atoms with Gasteiger partial charge in [-0.3, -0.25) is 9.59 Å². The van der Waals surface area contributed by atoms with E-state index in [0.29, 0.717) is 15.6 Å². The summed E-state index contributed by atoms with van der Waals surface area (Å²) in [6.45, 7) is 5.25. The van der Waals surface area contributed by atoms with E-state index in [1.165, 1.54) is 0 Å². The van der Waals surface area contributed by atoms with E-state index in [2.05, 4.69) is 0 Å². The number of hydrogen-bond donors (Lipinski definition) is 1. The van der Waals surface area contributed by atoms with Crippen molar-refractivity contribution in [3.05, 3.63) is 33.8 Å². The standard InChI is InChI=1S/C16H19Cl2NO3/c1-16(2,3)22-15(21)8-10(19)7-11(20)9-12-13(17)5-4-6-14(12)18/h4-6,19H,7-9H2,1-3H3. The minimum Gasteiger partial charge on any atom is -0.460 e. The smallest absolute Gasteiger partial charge is 0.312 e. The molecule has 120 valence electrons. The number of ether oxygens (including phenoxy) is 1. The largest absolute Gasteiger partial charge is 0.460 e. The molecule has 0 aromatic heterocycles. The van der Waals surface area contributed by atoms with E-state index < -0.39 is 11.6 Å². The molecular formula is C16H19Cl2NO3. The van der Waals surface area contributed by atoms with Crippen molar-refractivity contribution < 1.29 is 14.3 Å². The molecule has 0 saturated carbocycles. The highest BCUT2D eigenvalue weighted by molar-refractivity contribution is 6.36. The summed E-state index contributed by atoms with van der Waals surface area (Å²) in [6, 6.07) is 5.01. The maximum Gasteiger partial charge on any atom is 0.312 e. The Hall–Kier alpha value is -1.39. The number of benzene rings is 1. The summed E-state index contributed by atoms with van der Waals surface area (Å²) in [5.74, 6) is -0.732. The lowest BCUT2D eigenvalue weighted by atomic mass is 10.0. The van der Waals surface area contributed by atoms with Gasteiger partial charge in [0, 0.05) is 28.6 Å². The van der Waals surface area contributed by atoms with Crippen LogP contribution in [0.4, 0.5) is 0 Å². The Morgan fingerprint density at radius 2 is 1.68 bits per heavy atom. The van der Waals surface area contributed by atoms with Crippen LogP contribution in [0.3, 0.4) is 0 Å². The van der Waals surface area contributed by atoms with Crippen molar-refractivity contribution in [3.8, 4) is 0 Å². The molecule has 0 fully saturated rings. The number of rotatable bonds is 6. The molecule has 0 aliphatic carbocycles. The molecule has 0 amide bonds. The van der Waals surface area contributed by atoms with Gasteiger partial charge in [-0.2, -0.15) is 0 Å². The fraction of sp³-hybridized carbons (Fsp3) is 0.438. The molecule has 1 aromatic carbocycles. The Morgan fingerprint density at radius 1 is 1.14 bits per heavy atom. The van der Waals surface area contributed by atoms with Gasteiger partial charge in [0.25, 0.3) is 0 Å². The van der Waals surface area contributed by atoms with Crippen LogP contribution in [-0.2, 0) is 20.7 Å². The third-order valence-corrected chi connectivity index (χ3v) is 3.33. The van der Waals surface area contributed by atoms with E-state index in [1.54, 1.807) is 39.0 Å². The Kier molecular flexibility index (Phi) is 6.57. The summed E-state index contributed by atoms with van der Waals surface area (Å²) in [6.07, 6.45) is -0.282. The maximum absolute atomic E-state index is 12.0. The summed E-state index contributed by atoms with van der Waals surface area (Å²) >= 11 is 12.0. The predicted molar refractivity (Wildman–Crippen MR) is 88.0 cm³/mol. The number of nitrogens with one attached hydrogen (secondary N) is 1. The molecule has 6 heteroatoms. The molecule has 0 aliphatic rings. The van der Waals surface area contributed by atoms with Gasteiger partial charge in [-0.15, -0.1) is 0 Å². The highest BCUT2D eigenvalue weighted by atomic mass is 35.5. The zero-order valence-corrected chi connectivity index (χ0v) is 14.3. The number of halogens is 2. The summed E-state index contributed by atoms with van der Waals surface area (Å²) < 4.78 is 5.11. The highest BCUT2D eigenvalue weighted by Crippen LogP contribution is 2.25. The molecule has 0 bridgehead atoms. The summed E-state index contributed by atoms with van der Waals surface area (Å²) in [5.41, 5.74) is -0.0461. The van der Waals surface area contributed by atoms with Crippen molar-refractivity contribution in [1.29, 1.82) is 5.41 Å². The van der Waals surface area contributed by atoms with Crippen LogP contribution in [0.5, 0.6) is 0 Å². The summed E-state index contributed by atoms with van der Waals surface area (Å²) in [7, 11) is 0. The topological polar surface area (TPSA) is 67.2 Å². The van der Waals surface area contributed by atoms with E-state index >= 15 is 0 Å². The van der Waals surface area contributed by atoms with Gasteiger partial charge in [-0.25, -0.2) is 0 Å². The lowest BCUT2D eigenvalue weighted by molar-refractivity contribution is -0.153. The van der Waals surface area contributed by atoms with Crippen LogP contribution in [0.2, 0.25) is 10.0 Å². The molecule has 0 unspecified atom stereocenters. The zero-order chi connectivity index (χ0) is 16.9. The molecular weight excluding hydrogens is 325 g/mol. The monoisotopic (exact) mass is 343 g/mol. The van der Waals surface area contributed by atoms with Crippen molar-refractivity contribution in [2.45, 2.75) is 45.6 Å². The molecule has 1 rings (SSSR count). The average molecular weight is 344 g/mol. The highest BCUT2D eigenvalue weighted by Gasteiger charge is 2.19. The number of ketones is 1. The second kappa shape index (κ2) is 7.75. The van der Waals surface area contributed by atoms with Crippen LogP contribution < -0.4 is 0 Å². The van der Waals surface area contributed by atoms with Crippen LogP contribution >= 0.6 is 23.2 Å². The number of carbonyl (C=O) groups excluding carboxylic acids is 2. The fourth-order valence-electron chi connectivity index (χ4n) is 1.81. The molecule has 0 heterocycles. The van der Waals surface area contributed by atoms with E-state index in [4.69, 9.17) is 33.3 Å². The van der Waals surface area contributed by atoms with Crippen molar-refractivity contribution in [2.75, 3.05) is 0 Å². The Bertz CT molecular complexity index is 571. The van der Waals surface area contributed by atoms with E-state index in [0.717, 1.165) is 0 Å². The average Bonchev–Trinajstić information content (AvgIpc) is 2.31. The molecule has 22 heavy (non-hydrogen) atoms. The van der Waals surface area contributed by atoms with Gasteiger partial charge < -0.3 is 10.1 Å². The Balaban J connectivity index is 2.55. The van der Waals surface area contributed by atoms with Crippen LogP contribution in [0, 0.1) is 5.41 Å². The lowest BCUT2D eigenvalue weighted by Crippen LogP contribution is -2.25. The van der Waals surface area contributed by atoms with E-state index in [-0.39, 0.29) is 30.8 Å². The first-order chi connectivity index (χ1) is 10.1. The molecule has 4 nitrogen and oxygen atoms in total. The first kappa shape index (κ1) is 18.7. The number of carbonyl (C=O) groups is 2. The number of Topliss-reactive ketones (excluding diaryl/α,β-unsaturated/α-hetero) is 1. The molecule has 0 spiro atoms. The van der Waals surface area contributed by atoms with E-state index in [9.17, 15) is 9.59 Å². The van der Waals surface area contributed by atoms with Gasteiger partial charge >= 0.3 is 5.97 Å². The predicted octanol–water partition coefficient (Wildman–Crippen LogP) is 4.25. The fourth-order valence-corrected chi connectivity index (χ4v) is 2.34. The van der Waals surface area contributed by atoms with Crippen LogP contribution in [0.25, 0.3) is 0 Å². The quantitative estimate of drug-likeness (QED) is 0.620. The van der Waals surface area contributed by atoms with Crippen molar-refractivity contribution in [3.63, 3.8) is 0 Å². The molecule has 0 saturated heterocycles. The maximum atomic E-state index is 12.0. The van der Waals surface area contributed by atoms with Gasteiger partial charge in [-0.05, 0) is 38.5 Å². The van der Waals surface area contributed by atoms with Gasteiger partial charge in [0.15, 0.2) is 0 Å². The van der Waals surface area contributed by atoms with Crippen molar-refractivity contribution in [1.82, 2.24) is 0 Å². The van der Waals surface area contributed by atoms with Gasteiger partial charge in [0.1, 0.15) is 11.4 Å². The van der Waals surface area contributed by atoms with Gasteiger partial charge in [0.05, 0.1) is 6.42 Å². The Morgan fingerprint density at radius 3 is 2.18 bits per heavy atom. The second-order valence-corrected chi connectivity index (χ2v) is 6.77. The van der Waals surface area contributed by atoms with Gasteiger partial charge in [-0.1, -0.05) is 29.3 Å². The third kappa shape index (κ3) is 6.58. The minimum atomic E-state index is -0.605. The second-order valence-electron chi connectivity index (χ2n) is 5.96.